The molecule has 0 saturated heterocycles. The van der Waals surface area contributed by atoms with Crippen LogP contribution >= 0.6 is 11.8 Å². The third kappa shape index (κ3) is 3.00. The summed E-state index contributed by atoms with van der Waals surface area (Å²) in [6.07, 6.45) is 1.99. The number of hydrogen-bond acceptors (Lipinski definition) is 4. The molecule has 0 N–H and O–H groups in total. The Balaban J connectivity index is 2.79. The summed E-state index contributed by atoms with van der Waals surface area (Å²) in [6.45, 7) is 7.19. The summed E-state index contributed by atoms with van der Waals surface area (Å²) in [5.41, 5.74) is 3.32. The van der Waals surface area contributed by atoms with E-state index in [-0.39, 0.29) is 0 Å². The maximum absolute atomic E-state index is 11.3. The molecule has 2 aromatic carbocycles. The second kappa shape index (κ2) is 6.49. The quantitative estimate of drug-likeness (QED) is 0.359. The van der Waals surface area contributed by atoms with E-state index in [9.17, 15) is 4.91 Å². The molecule has 0 fully saturated rings. The van der Waals surface area contributed by atoms with Gasteiger partial charge in [-0.15, -0.1) is 16.7 Å². The summed E-state index contributed by atoms with van der Waals surface area (Å²) in [7, 11) is 5.91. The van der Waals surface area contributed by atoms with Crippen LogP contribution in [0.1, 0.15) is 19.4 Å². The van der Waals surface area contributed by atoms with Crippen molar-refractivity contribution in [3.63, 3.8) is 0 Å². The maximum atomic E-state index is 11.3. The molecular formula is C17H17BN2OS. The fraction of sp³-hybridized carbons (Fsp3) is 0.235. The SMILES string of the molecule is [B]c1ccc(-c2cccc(N=C)c2SC)c(C(C)(C)N=O)c1. The zero-order valence-corrected chi connectivity index (χ0v) is 13.8. The predicted octanol–water partition coefficient (Wildman–Crippen LogP) is 4.20. The molecule has 0 amide bonds. The number of aliphatic imine (C=N–C) groups is 1. The number of hydrogen-bond donors (Lipinski definition) is 0. The molecule has 0 saturated carbocycles. The summed E-state index contributed by atoms with van der Waals surface area (Å²) < 4.78 is 0. The molecule has 5 heteroatoms. The van der Waals surface area contributed by atoms with Gasteiger partial charge in [-0.3, -0.25) is 4.99 Å². The van der Waals surface area contributed by atoms with Crippen molar-refractivity contribution in [1.29, 1.82) is 0 Å². The van der Waals surface area contributed by atoms with Crippen LogP contribution in [0.15, 0.2) is 51.5 Å². The number of thioether (sulfide) groups is 1. The average Bonchev–Trinajstić information content (AvgIpc) is 2.53. The van der Waals surface area contributed by atoms with Gasteiger partial charge in [-0.05, 0) is 49.6 Å². The van der Waals surface area contributed by atoms with Gasteiger partial charge < -0.3 is 0 Å². The fourth-order valence-corrected chi connectivity index (χ4v) is 3.17. The van der Waals surface area contributed by atoms with E-state index >= 15 is 0 Å². The zero-order valence-electron chi connectivity index (χ0n) is 13.0. The Bertz CT molecular complexity index is 729. The van der Waals surface area contributed by atoms with Crippen molar-refractivity contribution in [1.82, 2.24) is 0 Å². The lowest BCUT2D eigenvalue weighted by Gasteiger charge is -2.22. The molecule has 0 aliphatic rings. The molecule has 2 rings (SSSR count). The predicted molar refractivity (Wildman–Crippen MR) is 97.1 cm³/mol. The van der Waals surface area contributed by atoms with E-state index in [0.717, 1.165) is 27.3 Å². The Kier molecular flexibility index (Phi) is 4.86. The van der Waals surface area contributed by atoms with Crippen molar-refractivity contribution in [2.24, 2.45) is 10.2 Å². The van der Waals surface area contributed by atoms with Crippen molar-refractivity contribution >= 4 is 37.5 Å². The van der Waals surface area contributed by atoms with Gasteiger partial charge in [0.05, 0.1) is 5.69 Å². The van der Waals surface area contributed by atoms with Crippen LogP contribution in [0.25, 0.3) is 11.1 Å². The molecule has 0 heterocycles. The van der Waals surface area contributed by atoms with E-state index in [4.69, 9.17) is 7.85 Å². The van der Waals surface area contributed by atoms with Gasteiger partial charge in [0.1, 0.15) is 13.4 Å². The van der Waals surface area contributed by atoms with Gasteiger partial charge in [0, 0.05) is 4.90 Å². The van der Waals surface area contributed by atoms with Gasteiger partial charge >= 0.3 is 0 Å². The van der Waals surface area contributed by atoms with E-state index in [1.165, 1.54) is 0 Å². The van der Waals surface area contributed by atoms with E-state index in [1.54, 1.807) is 25.6 Å². The Labute approximate surface area is 136 Å². The molecule has 22 heavy (non-hydrogen) atoms. The van der Waals surface area contributed by atoms with Gasteiger partial charge in [0.25, 0.3) is 0 Å². The first-order chi connectivity index (χ1) is 10.4. The van der Waals surface area contributed by atoms with Gasteiger partial charge in [-0.1, -0.05) is 41.0 Å². The van der Waals surface area contributed by atoms with Crippen LogP contribution in [-0.4, -0.2) is 20.8 Å². The molecular weight excluding hydrogens is 291 g/mol. The molecule has 3 nitrogen and oxygen atoms in total. The Morgan fingerprint density at radius 2 is 1.91 bits per heavy atom. The molecule has 0 spiro atoms. The van der Waals surface area contributed by atoms with Gasteiger partial charge in [0.15, 0.2) is 0 Å². The molecule has 0 atom stereocenters. The first-order valence-electron chi connectivity index (χ1n) is 6.83. The molecule has 0 aliphatic heterocycles. The zero-order chi connectivity index (χ0) is 16.3. The van der Waals surface area contributed by atoms with Crippen molar-refractivity contribution in [3.8, 4) is 11.1 Å². The highest BCUT2D eigenvalue weighted by Gasteiger charge is 2.26. The highest BCUT2D eigenvalue weighted by atomic mass is 32.2. The van der Waals surface area contributed by atoms with Crippen LogP contribution in [0.4, 0.5) is 5.69 Å². The van der Waals surface area contributed by atoms with Crippen LogP contribution in [0.5, 0.6) is 0 Å². The summed E-state index contributed by atoms with van der Waals surface area (Å²) in [5, 5.41) is 3.27. The highest BCUT2D eigenvalue weighted by molar-refractivity contribution is 7.98. The molecule has 2 radical (unpaired) electrons. The van der Waals surface area contributed by atoms with Crippen LogP contribution in [0.2, 0.25) is 0 Å². The van der Waals surface area contributed by atoms with Gasteiger partial charge in [-0.25, -0.2) is 0 Å². The van der Waals surface area contributed by atoms with Gasteiger partial charge in [0.2, 0.25) is 0 Å². The van der Waals surface area contributed by atoms with Crippen molar-refractivity contribution in [3.05, 3.63) is 46.9 Å². The number of rotatable bonds is 5. The largest absolute Gasteiger partial charge is 0.263 e. The van der Waals surface area contributed by atoms with E-state index < -0.39 is 5.54 Å². The minimum atomic E-state index is -0.863. The Morgan fingerprint density at radius 3 is 2.50 bits per heavy atom. The summed E-state index contributed by atoms with van der Waals surface area (Å²) in [5.74, 6) is 0. The summed E-state index contributed by atoms with van der Waals surface area (Å²) >= 11 is 1.60. The molecule has 0 aliphatic carbocycles. The first kappa shape index (κ1) is 16.5. The normalized spacial score (nSPS) is 11.2. The summed E-state index contributed by atoms with van der Waals surface area (Å²) in [6, 6.07) is 11.4. The highest BCUT2D eigenvalue weighted by Crippen LogP contribution is 2.41. The number of nitrogens with zero attached hydrogens (tertiary/aromatic N) is 2. The van der Waals surface area contributed by atoms with E-state index in [2.05, 4.69) is 16.9 Å². The molecule has 110 valence electrons. The Morgan fingerprint density at radius 1 is 1.18 bits per heavy atom. The first-order valence-corrected chi connectivity index (χ1v) is 8.05. The topological polar surface area (TPSA) is 41.8 Å². The van der Waals surface area contributed by atoms with Crippen molar-refractivity contribution in [2.75, 3.05) is 6.26 Å². The molecule has 2 aromatic rings. The van der Waals surface area contributed by atoms with Gasteiger partial charge in [-0.2, -0.15) is 0 Å². The summed E-state index contributed by atoms with van der Waals surface area (Å²) in [4.78, 5) is 16.4. The molecule has 0 unspecified atom stereocenters. The molecule has 0 aromatic heterocycles. The lowest BCUT2D eigenvalue weighted by atomic mass is 9.82. The lowest BCUT2D eigenvalue weighted by molar-refractivity contribution is 0.554. The molecule has 0 bridgehead atoms. The van der Waals surface area contributed by atoms with Crippen LogP contribution in [-0.2, 0) is 5.54 Å². The van der Waals surface area contributed by atoms with E-state index in [1.807, 2.05) is 42.7 Å². The third-order valence-electron chi connectivity index (χ3n) is 3.59. The van der Waals surface area contributed by atoms with Crippen LogP contribution < -0.4 is 5.46 Å². The van der Waals surface area contributed by atoms with Crippen LogP contribution in [0, 0.1) is 4.91 Å². The lowest BCUT2D eigenvalue weighted by Crippen LogP contribution is -2.18. The number of nitroso groups, excluding NO2 is 1. The second-order valence-electron chi connectivity index (χ2n) is 5.47. The monoisotopic (exact) mass is 308 g/mol. The van der Waals surface area contributed by atoms with Crippen LogP contribution in [0.3, 0.4) is 0 Å². The third-order valence-corrected chi connectivity index (χ3v) is 4.43. The standard InChI is InChI=1S/C17H17BN2OS/c1-17(2,20-21)14-10-11(18)8-9-12(14)13-6-5-7-15(19-3)16(13)22-4/h5-10H,3H2,1-2,4H3. The van der Waals surface area contributed by atoms with E-state index in [0.29, 0.717) is 5.46 Å². The minimum Gasteiger partial charge on any atom is -0.263 e. The maximum Gasteiger partial charge on any atom is 0.122 e. The van der Waals surface area contributed by atoms with Crippen molar-refractivity contribution in [2.45, 2.75) is 24.3 Å². The second-order valence-corrected chi connectivity index (χ2v) is 6.29. The average molecular weight is 308 g/mol. The minimum absolute atomic E-state index is 0.610. The smallest absolute Gasteiger partial charge is 0.122 e. The number of benzene rings is 2. The van der Waals surface area contributed by atoms with Crippen molar-refractivity contribution < 1.29 is 0 Å². The fourth-order valence-electron chi connectivity index (χ4n) is 2.43. The Hall–Kier alpha value is -1.88.